The van der Waals surface area contributed by atoms with Crippen molar-refractivity contribution in [2.24, 2.45) is 5.92 Å². The van der Waals surface area contributed by atoms with Crippen LogP contribution in [-0.2, 0) is 9.53 Å². The van der Waals surface area contributed by atoms with Gasteiger partial charge in [-0.25, -0.2) is 0 Å². The highest BCUT2D eigenvalue weighted by molar-refractivity contribution is 5.72. The van der Waals surface area contributed by atoms with E-state index in [0.717, 1.165) is 12.8 Å². The lowest BCUT2D eigenvalue weighted by Gasteiger charge is -2.27. The average Bonchev–Trinajstić information content (AvgIpc) is 2.46. The predicted octanol–water partition coefficient (Wildman–Crippen LogP) is 1.08. The van der Waals surface area contributed by atoms with E-state index in [1.165, 1.54) is 12.8 Å². The zero-order valence-corrected chi connectivity index (χ0v) is 8.08. The van der Waals surface area contributed by atoms with Crippen LogP contribution in [0.2, 0.25) is 0 Å². The Hall–Kier alpha value is -0.570. The van der Waals surface area contributed by atoms with Crippen molar-refractivity contribution >= 4 is 5.97 Å². The Kier molecular flexibility index (Phi) is 2.54. The maximum Gasteiger partial charge on any atom is 0.309 e. The number of nitrogens with one attached hydrogen (secondary N) is 1. The van der Waals surface area contributed by atoms with Gasteiger partial charge in [-0.05, 0) is 32.6 Å². The van der Waals surface area contributed by atoms with Gasteiger partial charge in [0.05, 0.1) is 12.5 Å². The quantitative estimate of drug-likeness (QED) is 0.651. The smallest absolute Gasteiger partial charge is 0.309 e. The summed E-state index contributed by atoms with van der Waals surface area (Å²) >= 11 is 0. The topological polar surface area (TPSA) is 38.3 Å². The molecule has 2 bridgehead atoms. The third-order valence-corrected chi connectivity index (χ3v) is 3.09. The minimum atomic E-state index is 0.0147. The van der Waals surface area contributed by atoms with Crippen LogP contribution in [0.5, 0.6) is 0 Å². The molecule has 0 spiro atoms. The van der Waals surface area contributed by atoms with Gasteiger partial charge in [-0.15, -0.1) is 0 Å². The maximum atomic E-state index is 11.5. The van der Waals surface area contributed by atoms with E-state index in [4.69, 9.17) is 4.74 Å². The largest absolute Gasteiger partial charge is 0.466 e. The maximum absolute atomic E-state index is 11.5. The van der Waals surface area contributed by atoms with Gasteiger partial charge in [0.15, 0.2) is 0 Å². The fraction of sp³-hybridized carbons (Fsp3) is 0.900. The predicted molar refractivity (Wildman–Crippen MR) is 49.3 cm³/mol. The van der Waals surface area contributed by atoms with Crippen LogP contribution in [0, 0.1) is 5.92 Å². The molecular weight excluding hydrogens is 166 g/mol. The van der Waals surface area contributed by atoms with Crippen LogP contribution in [-0.4, -0.2) is 24.7 Å². The molecule has 0 amide bonds. The molecule has 2 aliphatic heterocycles. The Labute approximate surface area is 78.8 Å². The molecule has 74 valence electrons. The first-order valence-electron chi connectivity index (χ1n) is 5.22. The van der Waals surface area contributed by atoms with Crippen molar-refractivity contribution in [3.63, 3.8) is 0 Å². The van der Waals surface area contributed by atoms with Gasteiger partial charge in [-0.2, -0.15) is 0 Å². The molecule has 3 heteroatoms. The lowest BCUT2D eigenvalue weighted by molar-refractivity contribution is -0.149. The molecule has 2 aliphatic rings. The summed E-state index contributed by atoms with van der Waals surface area (Å²) in [6, 6.07) is 1.15. The van der Waals surface area contributed by atoms with E-state index >= 15 is 0 Å². The van der Waals surface area contributed by atoms with Crippen molar-refractivity contribution in [2.75, 3.05) is 6.61 Å². The molecule has 0 aromatic rings. The first kappa shape index (κ1) is 9.00. The normalized spacial score (nSPS) is 37.5. The highest BCUT2D eigenvalue weighted by atomic mass is 16.5. The van der Waals surface area contributed by atoms with Crippen molar-refractivity contribution in [3.8, 4) is 0 Å². The SMILES string of the molecule is CCOC(=O)C1C[C@H]2CC[C@@H](C1)N2. The fourth-order valence-electron chi connectivity index (χ4n) is 2.51. The van der Waals surface area contributed by atoms with E-state index in [0.29, 0.717) is 18.7 Å². The minimum absolute atomic E-state index is 0.0147. The average molecular weight is 183 g/mol. The second-order valence-corrected chi connectivity index (χ2v) is 4.06. The molecule has 1 unspecified atom stereocenters. The van der Waals surface area contributed by atoms with Crippen molar-refractivity contribution in [1.29, 1.82) is 0 Å². The van der Waals surface area contributed by atoms with Gasteiger partial charge in [0, 0.05) is 12.1 Å². The lowest BCUT2D eigenvalue weighted by Crippen LogP contribution is -2.41. The van der Waals surface area contributed by atoms with Crippen LogP contribution in [0.25, 0.3) is 0 Å². The van der Waals surface area contributed by atoms with Gasteiger partial charge >= 0.3 is 5.97 Å². The molecule has 2 rings (SSSR count). The summed E-state index contributed by atoms with van der Waals surface area (Å²) in [6.07, 6.45) is 4.44. The Morgan fingerprint density at radius 2 is 2.00 bits per heavy atom. The van der Waals surface area contributed by atoms with Crippen molar-refractivity contribution < 1.29 is 9.53 Å². The van der Waals surface area contributed by atoms with Gasteiger partial charge in [0.25, 0.3) is 0 Å². The third kappa shape index (κ3) is 1.85. The zero-order valence-electron chi connectivity index (χ0n) is 8.08. The minimum Gasteiger partial charge on any atom is -0.466 e. The molecule has 3 nitrogen and oxygen atoms in total. The van der Waals surface area contributed by atoms with E-state index in [2.05, 4.69) is 5.32 Å². The Morgan fingerprint density at radius 3 is 2.54 bits per heavy atom. The highest BCUT2D eigenvalue weighted by Gasteiger charge is 2.37. The number of rotatable bonds is 2. The standard InChI is InChI=1S/C10H17NO2/c1-2-13-10(12)7-5-8-3-4-9(6-7)11-8/h7-9,11H,2-6H2,1H3/t7?,8-,9+. The van der Waals surface area contributed by atoms with Gasteiger partial charge in [0.2, 0.25) is 0 Å². The summed E-state index contributed by atoms with van der Waals surface area (Å²) in [5.41, 5.74) is 0. The van der Waals surface area contributed by atoms with Gasteiger partial charge < -0.3 is 10.1 Å². The summed E-state index contributed by atoms with van der Waals surface area (Å²) in [7, 11) is 0. The fourth-order valence-corrected chi connectivity index (χ4v) is 2.51. The molecule has 2 saturated heterocycles. The highest BCUT2D eigenvalue weighted by Crippen LogP contribution is 2.31. The molecule has 2 fully saturated rings. The number of piperidine rings is 1. The zero-order chi connectivity index (χ0) is 9.26. The molecule has 0 aromatic heterocycles. The molecular formula is C10H17NO2. The summed E-state index contributed by atoms with van der Waals surface area (Å²) < 4.78 is 5.04. The Morgan fingerprint density at radius 1 is 1.38 bits per heavy atom. The third-order valence-electron chi connectivity index (χ3n) is 3.09. The first-order valence-corrected chi connectivity index (χ1v) is 5.22. The van der Waals surface area contributed by atoms with Crippen molar-refractivity contribution in [2.45, 2.75) is 44.7 Å². The molecule has 0 radical (unpaired) electrons. The number of hydrogen-bond acceptors (Lipinski definition) is 3. The molecule has 13 heavy (non-hydrogen) atoms. The van der Waals surface area contributed by atoms with E-state index in [1.54, 1.807) is 0 Å². The van der Waals surface area contributed by atoms with Crippen LogP contribution in [0.3, 0.4) is 0 Å². The summed E-state index contributed by atoms with van der Waals surface area (Å²) in [5.74, 6) is 0.180. The Bertz CT molecular complexity index is 193. The summed E-state index contributed by atoms with van der Waals surface area (Å²) in [4.78, 5) is 11.5. The van der Waals surface area contributed by atoms with E-state index in [-0.39, 0.29) is 11.9 Å². The van der Waals surface area contributed by atoms with Gasteiger partial charge in [-0.1, -0.05) is 0 Å². The van der Waals surface area contributed by atoms with E-state index in [9.17, 15) is 4.79 Å². The second kappa shape index (κ2) is 3.66. The van der Waals surface area contributed by atoms with E-state index < -0.39 is 0 Å². The molecule has 2 heterocycles. The second-order valence-electron chi connectivity index (χ2n) is 4.06. The number of fused-ring (bicyclic) bond motifs is 2. The van der Waals surface area contributed by atoms with Crippen LogP contribution >= 0.6 is 0 Å². The van der Waals surface area contributed by atoms with Crippen LogP contribution in [0.4, 0.5) is 0 Å². The van der Waals surface area contributed by atoms with E-state index in [1.807, 2.05) is 6.92 Å². The van der Waals surface area contributed by atoms with Crippen LogP contribution < -0.4 is 5.32 Å². The number of hydrogen-bond donors (Lipinski definition) is 1. The van der Waals surface area contributed by atoms with Crippen molar-refractivity contribution in [3.05, 3.63) is 0 Å². The van der Waals surface area contributed by atoms with Gasteiger partial charge in [-0.3, -0.25) is 4.79 Å². The van der Waals surface area contributed by atoms with Gasteiger partial charge in [0.1, 0.15) is 0 Å². The summed E-state index contributed by atoms with van der Waals surface area (Å²) in [6.45, 7) is 2.38. The Balaban J connectivity index is 1.91. The number of carbonyl (C=O) groups is 1. The monoisotopic (exact) mass is 183 g/mol. The molecule has 0 saturated carbocycles. The lowest BCUT2D eigenvalue weighted by atomic mass is 9.93. The molecule has 0 aliphatic carbocycles. The summed E-state index contributed by atoms with van der Waals surface area (Å²) in [5, 5.41) is 3.51. The molecule has 0 aromatic carbocycles. The number of ether oxygens (including phenoxy) is 1. The van der Waals surface area contributed by atoms with Crippen LogP contribution in [0.1, 0.15) is 32.6 Å². The molecule has 3 atom stereocenters. The van der Waals surface area contributed by atoms with Crippen molar-refractivity contribution in [1.82, 2.24) is 5.32 Å². The first-order chi connectivity index (χ1) is 6.29. The number of carbonyl (C=O) groups excluding carboxylic acids is 1. The molecule has 1 N–H and O–H groups in total. The number of esters is 1. The van der Waals surface area contributed by atoms with Crippen LogP contribution in [0.15, 0.2) is 0 Å².